The Morgan fingerprint density at radius 1 is 0.308 bits per heavy atom. The van der Waals surface area contributed by atoms with Crippen molar-refractivity contribution >= 4 is 0 Å². The molecule has 0 aromatic heterocycles. The molecule has 13 heteroatoms. The third-order valence-electron chi connectivity index (χ3n) is 0. The maximum Gasteiger partial charge on any atom is 1.00 e. The summed E-state index contributed by atoms with van der Waals surface area (Å²) in [6.45, 7) is 0. The molecule has 0 saturated carbocycles. The molecule has 0 amide bonds. The number of hydrogen-bond acceptors (Lipinski definition) is 0. The molecule has 7 nitrogen and oxygen atoms in total. The van der Waals surface area contributed by atoms with Gasteiger partial charge in [0.25, 0.3) is 0 Å². The van der Waals surface area contributed by atoms with Crippen LogP contribution in [0.5, 0.6) is 0 Å². The van der Waals surface area contributed by atoms with E-state index >= 15 is 0 Å². The molecule has 0 spiro atoms. The fourth-order valence-corrected chi connectivity index (χ4v) is 0. The summed E-state index contributed by atoms with van der Waals surface area (Å²) in [4.78, 5) is 0. The van der Waals surface area contributed by atoms with Gasteiger partial charge in [0.15, 0.2) is 0 Å². The van der Waals surface area contributed by atoms with Gasteiger partial charge in [-0.25, -0.2) is 0 Å². The molecule has 0 atom stereocenters. The Labute approximate surface area is 293 Å². The molecular formula is BrCs3Mo2O7-12. The second-order valence-corrected chi connectivity index (χ2v) is 0. The van der Waals surface area contributed by atoms with Crippen LogP contribution < -0.4 is 224 Å². The van der Waals surface area contributed by atoms with Gasteiger partial charge in [0, 0.05) is 42.1 Å². The zero-order valence-electron chi connectivity index (χ0n) is 7.05. The van der Waals surface area contributed by atoms with Gasteiger partial charge in [-0.15, -0.1) is 0 Å². The smallest absolute Gasteiger partial charge is 1.00 e. The third kappa shape index (κ3) is 104. The number of hydrogen-bond donors (Lipinski definition) is 0. The average molecular weight is 782 g/mol. The van der Waals surface area contributed by atoms with Gasteiger partial charge in [0.2, 0.25) is 0 Å². The predicted molar refractivity (Wildman–Crippen MR) is 4.81 cm³/mol. The molecule has 0 unspecified atom stereocenters. The molecule has 0 aliphatic rings. The van der Waals surface area contributed by atoms with Crippen LogP contribution in [0.1, 0.15) is 0 Å². The molecule has 0 rings (SSSR count). The topological polar surface area (TPSA) is 200 Å². The van der Waals surface area contributed by atoms with Crippen molar-refractivity contribution in [1.82, 2.24) is 0 Å². The van der Waals surface area contributed by atoms with Gasteiger partial charge in [-0.05, 0) is 0 Å². The molecule has 0 heterocycles. The van der Waals surface area contributed by atoms with Crippen molar-refractivity contribution in [3.63, 3.8) is 0 Å². The van der Waals surface area contributed by atoms with Crippen LogP contribution in [-0.2, 0) is 80.5 Å². The maximum atomic E-state index is 0. The van der Waals surface area contributed by atoms with E-state index in [2.05, 4.69) is 0 Å². The first kappa shape index (κ1) is 135. The standard InChI is InChI=1S/BrH.3Cs.2Mo.7O/h1H;;;;;;;;;;;;/q;3*+1;;;7*-2/p-1. The average Bonchev–Trinajstić information content (AvgIpc) is 0. The molecule has 13 heavy (non-hydrogen) atoms. The van der Waals surface area contributed by atoms with Crippen LogP contribution in [0.3, 0.4) is 0 Å². The summed E-state index contributed by atoms with van der Waals surface area (Å²) >= 11 is 0. The first-order valence-electron chi connectivity index (χ1n) is 0. The van der Waals surface area contributed by atoms with Gasteiger partial charge in [0.05, 0.1) is 0 Å². The minimum atomic E-state index is 0. The Hall–Kier alpha value is 7.73. The van der Waals surface area contributed by atoms with Crippen LogP contribution in [0.2, 0.25) is 0 Å². The number of rotatable bonds is 0. The third-order valence-corrected chi connectivity index (χ3v) is 0. The summed E-state index contributed by atoms with van der Waals surface area (Å²) in [7, 11) is 0. The Morgan fingerprint density at radius 2 is 0.308 bits per heavy atom. The van der Waals surface area contributed by atoms with Crippen LogP contribution in [0.15, 0.2) is 0 Å². The molecule has 0 aliphatic heterocycles. The Balaban J connectivity index is 0. The molecule has 0 radical (unpaired) electrons. The van der Waals surface area contributed by atoms with Crippen LogP contribution in [0.4, 0.5) is 0 Å². The van der Waals surface area contributed by atoms with Crippen LogP contribution in [0.25, 0.3) is 0 Å². The van der Waals surface area contributed by atoms with Crippen molar-refractivity contribution in [3.05, 3.63) is 0 Å². The van der Waals surface area contributed by atoms with E-state index in [0.29, 0.717) is 0 Å². The molecule has 0 N–H and O–H groups in total. The van der Waals surface area contributed by atoms with Crippen molar-refractivity contribution in [2.24, 2.45) is 0 Å². The fourth-order valence-electron chi connectivity index (χ4n) is 0. The molecule has 0 aliphatic carbocycles. The first-order chi connectivity index (χ1) is 0. The van der Waals surface area contributed by atoms with E-state index in [-0.39, 0.29) is 304 Å². The summed E-state index contributed by atoms with van der Waals surface area (Å²) < 4.78 is 0. The second kappa shape index (κ2) is 116. The van der Waals surface area contributed by atoms with E-state index in [1.807, 2.05) is 0 Å². The summed E-state index contributed by atoms with van der Waals surface area (Å²) in [5.74, 6) is 0. The fraction of sp³-hybridized carbons (Fsp3) is 0. The number of halogens is 1. The first-order valence-corrected chi connectivity index (χ1v) is 0. The molecule has 0 fully saturated rings. The monoisotopic (exact) mass is 785 g/mol. The minimum Gasteiger partial charge on any atom is -2.00 e. The minimum absolute atomic E-state index is 0. The zero-order chi connectivity index (χ0) is 0. The Kier molecular flexibility index (Phi) is 1200. The molecule has 0 bridgehead atoms. The molecule has 0 saturated heterocycles. The van der Waals surface area contributed by atoms with E-state index in [1.165, 1.54) is 0 Å². The Bertz CT molecular complexity index is 21.7. The van der Waals surface area contributed by atoms with Gasteiger partial charge in [0.1, 0.15) is 0 Å². The van der Waals surface area contributed by atoms with Crippen LogP contribution in [-0.4, -0.2) is 0 Å². The van der Waals surface area contributed by atoms with Crippen molar-refractivity contribution < 1.29 is 304 Å². The van der Waals surface area contributed by atoms with Crippen LogP contribution >= 0.6 is 0 Å². The van der Waals surface area contributed by atoms with Gasteiger partial charge < -0.3 is 55.3 Å². The van der Waals surface area contributed by atoms with E-state index in [1.54, 1.807) is 0 Å². The van der Waals surface area contributed by atoms with Gasteiger partial charge in [-0.3, -0.25) is 0 Å². The van der Waals surface area contributed by atoms with Crippen molar-refractivity contribution in [2.45, 2.75) is 0 Å². The van der Waals surface area contributed by atoms with Crippen molar-refractivity contribution in [3.8, 4) is 0 Å². The van der Waals surface area contributed by atoms with E-state index in [4.69, 9.17) is 0 Å². The quantitative estimate of drug-likeness (QED) is 0.211. The largest absolute Gasteiger partial charge is 2.00 e. The summed E-state index contributed by atoms with van der Waals surface area (Å²) in [5, 5.41) is 0. The van der Waals surface area contributed by atoms with Crippen molar-refractivity contribution in [1.29, 1.82) is 0 Å². The summed E-state index contributed by atoms with van der Waals surface area (Å²) in [6, 6.07) is 0. The van der Waals surface area contributed by atoms with Crippen molar-refractivity contribution in [2.75, 3.05) is 0 Å². The molecule has 76 valence electrons. The van der Waals surface area contributed by atoms with E-state index in [0.717, 1.165) is 0 Å². The predicted octanol–water partition coefficient (Wildman–Crippen LogP) is -12.8. The van der Waals surface area contributed by atoms with E-state index in [9.17, 15) is 0 Å². The molecule has 0 aromatic carbocycles. The molecular weight excluding hydrogens is 782 g/mol. The van der Waals surface area contributed by atoms with Gasteiger partial charge >= 0.3 is 207 Å². The molecule has 0 aromatic rings. The second-order valence-electron chi connectivity index (χ2n) is 0. The van der Waals surface area contributed by atoms with Crippen LogP contribution in [0, 0.1) is 0 Å². The SMILES string of the molecule is [Br-].[Cs+].[Cs+].[Cs+].[Mo].[Mo].[O-2].[O-2].[O-2].[O-2].[O-2].[O-2].[O-2]. The normalized spacial score (nSPS) is 0. The maximum absolute atomic E-state index is 0. The van der Waals surface area contributed by atoms with E-state index < -0.39 is 0 Å². The summed E-state index contributed by atoms with van der Waals surface area (Å²) in [6.07, 6.45) is 0. The van der Waals surface area contributed by atoms with Gasteiger partial charge in [-0.1, -0.05) is 0 Å². The summed E-state index contributed by atoms with van der Waals surface area (Å²) in [5.41, 5.74) is 0. The zero-order valence-corrected chi connectivity index (χ0v) is 31.5. The van der Waals surface area contributed by atoms with Gasteiger partial charge in [-0.2, -0.15) is 0 Å². The Morgan fingerprint density at radius 3 is 0.308 bits per heavy atom.